The SMILES string of the molecule is CCCCCNC(=O)c1cc(S(=O)(=O)Nc2ccc(F)cc2)ccc1Cl. The van der Waals surface area contributed by atoms with E-state index in [2.05, 4.69) is 17.0 Å². The molecule has 0 saturated carbocycles. The molecule has 0 heterocycles. The van der Waals surface area contributed by atoms with Gasteiger partial charge in [0.1, 0.15) is 5.82 Å². The maximum atomic E-state index is 12.9. The van der Waals surface area contributed by atoms with Crippen LogP contribution >= 0.6 is 11.6 Å². The normalized spacial score (nSPS) is 11.2. The molecule has 0 atom stereocenters. The second kappa shape index (κ2) is 9.00. The number of hydrogen-bond acceptors (Lipinski definition) is 3. The Bertz CT molecular complexity index is 871. The number of benzene rings is 2. The quantitative estimate of drug-likeness (QED) is 0.654. The summed E-state index contributed by atoms with van der Waals surface area (Å²) in [5, 5.41) is 2.89. The van der Waals surface area contributed by atoms with Crippen LogP contribution in [0.5, 0.6) is 0 Å². The van der Waals surface area contributed by atoms with Crippen molar-refractivity contribution < 1.29 is 17.6 Å². The van der Waals surface area contributed by atoms with Crippen LogP contribution in [0.25, 0.3) is 0 Å². The number of anilines is 1. The zero-order valence-electron chi connectivity index (χ0n) is 14.3. The Hall–Kier alpha value is -2.12. The van der Waals surface area contributed by atoms with Crippen LogP contribution in [0.4, 0.5) is 10.1 Å². The molecule has 0 aromatic heterocycles. The van der Waals surface area contributed by atoms with E-state index in [9.17, 15) is 17.6 Å². The monoisotopic (exact) mass is 398 g/mol. The molecule has 140 valence electrons. The predicted octanol–water partition coefficient (Wildman–Crippen LogP) is 4.20. The third-order valence-corrected chi connectivity index (χ3v) is 5.36. The first kappa shape index (κ1) is 20.2. The highest BCUT2D eigenvalue weighted by Gasteiger charge is 2.19. The molecule has 0 bridgehead atoms. The Morgan fingerprint density at radius 2 is 1.81 bits per heavy atom. The summed E-state index contributed by atoms with van der Waals surface area (Å²) in [6.45, 7) is 2.55. The van der Waals surface area contributed by atoms with E-state index in [-0.39, 0.29) is 21.2 Å². The Labute approximate surface area is 157 Å². The van der Waals surface area contributed by atoms with Crippen molar-refractivity contribution in [1.82, 2.24) is 5.32 Å². The number of carbonyl (C=O) groups is 1. The van der Waals surface area contributed by atoms with Gasteiger partial charge in [-0.15, -0.1) is 0 Å². The molecule has 26 heavy (non-hydrogen) atoms. The first-order valence-electron chi connectivity index (χ1n) is 8.19. The molecule has 0 saturated heterocycles. The van der Waals surface area contributed by atoms with Gasteiger partial charge in [-0.3, -0.25) is 9.52 Å². The summed E-state index contributed by atoms with van der Waals surface area (Å²) in [7, 11) is -3.94. The van der Waals surface area contributed by atoms with Gasteiger partial charge in [0.15, 0.2) is 0 Å². The summed E-state index contributed by atoms with van der Waals surface area (Å²) < 4.78 is 40.3. The van der Waals surface area contributed by atoms with Crippen LogP contribution in [0.1, 0.15) is 36.5 Å². The summed E-state index contributed by atoms with van der Waals surface area (Å²) >= 11 is 6.04. The lowest BCUT2D eigenvalue weighted by Gasteiger charge is -2.11. The molecule has 2 aromatic rings. The van der Waals surface area contributed by atoms with Gasteiger partial charge in [-0.05, 0) is 48.9 Å². The van der Waals surface area contributed by atoms with Crippen molar-refractivity contribution in [3.63, 3.8) is 0 Å². The van der Waals surface area contributed by atoms with Gasteiger partial charge in [0.2, 0.25) is 0 Å². The summed E-state index contributed by atoms with van der Waals surface area (Å²) in [6.07, 6.45) is 2.85. The fourth-order valence-corrected chi connectivity index (χ4v) is 3.54. The van der Waals surface area contributed by atoms with Crippen molar-refractivity contribution in [2.75, 3.05) is 11.3 Å². The molecule has 0 spiro atoms. The highest BCUT2D eigenvalue weighted by molar-refractivity contribution is 7.92. The van der Waals surface area contributed by atoms with E-state index in [1.54, 1.807) is 0 Å². The van der Waals surface area contributed by atoms with Crippen molar-refractivity contribution in [2.24, 2.45) is 0 Å². The van der Waals surface area contributed by atoms with Crippen molar-refractivity contribution in [3.8, 4) is 0 Å². The number of unbranched alkanes of at least 4 members (excludes halogenated alkanes) is 2. The average molecular weight is 399 g/mol. The Morgan fingerprint density at radius 3 is 2.46 bits per heavy atom. The van der Waals surface area contributed by atoms with Crippen LogP contribution in [0.15, 0.2) is 47.4 Å². The lowest BCUT2D eigenvalue weighted by atomic mass is 10.2. The third kappa shape index (κ3) is 5.44. The number of nitrogens with one attached hydrogen (secondary N) is 2. The van der Waals surface area contributed by atoms with Crippen LogP contribution in [0.2, 0.25) is 5.02 Å². The highest BCUT2D eigenvalue weighted by Crippen LogP contribution is 2.22. The van der Waals surface area contributed by atoms with Gasteiger partial charge in [-0.2, -0.15) is 0 Å². The predicted molar refractivity (Wildman–Crippen MR) is 101 cm³/mol. The van der Waals surface area contributed by atoms with Gasteiger partial charge in [-0.1, -0.05) is 31.4 Å². The van der Waals surface area contributed by atoms with Gasteiger partial charge in [0.05, 0.1) is 15.5 Å². The zero-order valence-corrected chi connectivity index (χ0v) is 15.8. The molecule has 0 aliphatic heterocycles. The van der Waals surface area contributed by atoms with Crippen molar-refractivity contribution in [2.45, 2.75) is 31.1 Å². The number of sulfonamides is 1. The fraction of sp³-hybridized carbons (Fsp3) is 0.278. The second-order valence-corrected chi connectivity index (χ2v) is 7.81. The molecular formula is C18H20ClFN2O3S. The number of halogens is 2. The Morgan fingerprint density at radius 1 is 1.12 bits per heavy atom. The summed E-state index contributed by atoms with van der Waals surface area (Å²) in [5.41, 5.74) is 0.303. The maximum absolute atomic E-state index is 12.9. The smallest absolute Gasteiger partial charge is 0.261 e. The second-order valence-electron chi connectivity index (χ2n) is 5.72. The molecule has 2 aromatic carbocycles. The number of rotatable bonds is 8. The summed E-state index contributed by atoms with van der Waals surface area (Å²) in [6, 6.07) is 8.81. The van der Waals surface area contributed by atoms with E-state index in [0.29, 0.717) is 6.54 Å². The maximum Gasteiger partial charge on any atom is 0.261 e. The van der Waals surface area contributed by atoms with Crippen LogP contribution in [0.3, 0.4) is 0 Å². The molecule has 0 fully saturated rings. The van der Waals surface area contributed by atoms with Crippen LogP contribution in [-0.4, -0.2) is 20.9 Å². The zero-order chi connectivity index (χ0) is 19.2. The third-order valence-electron chi connectivity index (χ3n) is 3.66. The number of hydrogen-bond donors (Lipinski definition) is 2. The summed E-state index contributed by atoms with van der Waals surface area (Å²) in [5.74, 6) is -0.897. The Kier molecular flexibility index (Phi) is 6.99. The topological polar surface area (TPSA) is 75.3 Å². The molecule has 0 aliphatic carbocycles. The minimum Gasteiger partial charge on any atom is -0.352 e. The average Bonchev–Trinajstić information content (AvgIpc) is 2.60. The van der Waals surface area contributed by atoms with E-state index in [1.165, 1.54) is 30.3 Å². The molecule has 1 amide bonds. The highest BCUT2D eigenvalue weighted by atomic mass is 35.5. The minimum absolute atomic E-state index is 0.0881. The molecule has 0 aliphatic rings. The van der Waals surface area contributed by atoms with Gasteiger partial charge in [0.25, 0.3) is 15.9 Å². The van der Waals surface area contributed by atoms with E-state index < -0.39 is 21.7 Å². The minimum atomic E-state index is -3.94. The molecule has 2 N–H and O–H groups in total. The molecule has 5 nitrogen and oxygen atoms in total. The largest absolute Gasteiger partial charge is 0.352 e. The van der Waals surface area contributed by atoms with E-state index >= 15 is 0 Å². The molecular weight excluding hydrogens is 379 g/mol. The number of carbonyl (C=O) groups excluding carboxylic acids is 1. The lowest BCUT2D eigenvalue weighted by molar-refractivity contribution is 0.0953. The molecule has 0 radical (unpaired) electrons. The molecule has 0 unspecified atom stereocenters. The first-order chi connectivity index (χ1) is 12.3. The van der Waals surface area contributed by atoms with Crippen LogP contribution in [0, 0.1) is 5.82 Å². The van der Waals surface area contributed by atoms with Crippen molar-refractivity contribution in [3.05, 3.63) is 58.9 Å². The van der Waals surface area contributed by atoms with Crippen molar-refractivity contribution in [1.29, 1.82) is 0 Å². The molecule has 8 heteroatoms. The van der Waals surface area contributed by atoms with Crippen LogP contribution < -0.4 is 10.0 Å². The van der Waals surface area contributed by atoms with E-state index in [4.69, 9.17) is 11.6 Å². The van der Waals surface area contributed by atoms with E-state index in [1.807, 2.05) is 0 Å². The van der Waals surface area contributed by atoms with E-state index in [0.717, 1.165) is 31.4 Å². The van der Waals surface area contributed by atoms with Gasteiger partial charge >= 0.3 is 0 Å². The fourth-order valence-electron chi connectivity index (χ4n) is 2.25. The van der Waals surface area contributed by atoms with Gasteiger partial charge < -0.3 is 5.32 Å². The lowest BCUT2D eigenvalue weighted by Crippen LogP contribution is -2.25. The first-order valence-corrected chi connectivity index (χ1v) is 10.1. The van der Waals surface area contributed by atoms with Gasteiger partial charge in [-0.25, -0.2) is 12.8 Å². The number of amides is 1. The van der Waals surface area contributed by atoms with Crippen LogP contribution in [-0.2, 0) is 10.0 Å². The summed E-state index contributed by atoms with van der Waals surface area (Å²) in [4.78, 5) is 12.1. The van der Waals surface area contributed by atoms with Gasteiger partial charge in [0, 0.05) is 12.2 Å². The Balaban J connectivity index is 2.18. The standard InChI is InChI=1S/C18H20ClFN2O3S/c1-2-3-4-11-21-18(23)16-12-15(9-10-17(16)19)26(24,25)22-14-7-5-13(20)6-8-14/h5-10,12,22H,2-4,11H2,1H3,(H,21,23). The molecule has 2 rings (SSSR count). The van der Waals surface area contributed by atoms with Crippen molar-refractivity contribution >= 4 is 33.2 Å².